The number of fused-ring (bicyclic) bond motifs is 1. The van der Waals surface area contributed by atoms with Crippen molar-refractivity contribution in [1.82, 2.24) is 0 Å². The Morgan fingerprint density at radius 1 is 1.20 bits per heavy atom. The second-order valence-corrected chi connectivity index (χ2v) is 3.28. The molecule has 1 heterocycles. The maximum atomic E-state index is 5.07. The predicted octanol–water partition coefficient (Wildman–Crippen LogP) is 2.99. The normalized spacial score (nSPS) is 10.5. The van der Waals surface area contributed by atoms with Gasteiger partial charge in [0.2, 0.25) is 0 Å². The van der Waals surface area contributed by atoms with Gasteiger partial charge in [-0.1, -0.05) is 18.2 Å². The van der Waals surface area contributed by atoms with Gasteiger partial charge in [0.25, 0.3) is 0 Å². The molecule has 2 aliphatic rings. The van der Waals surface area contributed by atoms with Gasteiger partial charge in [0, 0.05) is 11.1 Å². The van der Waals surface area contributed by atoms with Crippen LogP contribution >= 0.6 is 22.6 Å². The Kier molecular flexibility index (Phi) is 1.41. The molecular formula is C8H5IO. The van der Waals surface area contributed by atoms with E-state index in [0.717, 1.165) is 0 Å². The third-order valence-corrected chi connectivity index (χ3v) is 2.31. The van der Waals surface area contributed by atoms with E-state index in [1.54, 1.807) is 12.5 Å². The molecule has 2 rings (SSSR count). The van der Waals surface area contributed by atoms with Crippen LogP contribution < -0.4 is 0 Å². The minimum Gasteiger partial charge on any atom is -0.471 e. The first kappa shape index (κ1) is 6.22. The first-order valence-corrected chi connectivity index (χ1v) is 4.06. The van der Waals surface area contributed by atoms with Crippen LogP contribution in [0.2, 0.25) is 0 Å². The molecule has 0 aromatic rings. The Labute approximate surface area is 72.5 Å². The van der Waals surface area contributed by atoms with Crippen LogP contribution in [-0.2, 0) is 0 Å². The molecule has 0 aromatic carbocycles. The van der Waals surface area contributed by atoms with E-state index in [-0.39, 0.29) is 0 Å². The molecular weight excluding hydrogens is 239 g/mol. The summed E-state index contributed by atoms with van der Waals surface area (Å²) in [6, 6.07) is 6.16. The molecule has 0 bridgehead atoms. The van der Waals surface area contributed by atoms with Crippen LogP contribution in [0.25, 0.3) is 11.1 Å². The third kappa shape index (κ3) is 0.831. The standard InChI is InChI=1S/C8H5IO/c9-8-5-10-4-6-2-1-3-7(6)8/h1-5H. The molecule has 0 saturated heterocycles. The molecule has 1 aliphatic carbocycles. The average Bonchev–Trinajstić information content (AvgIpc) is 2.36. The maximum absolute atomic E-state index is 5.07. The highest BCUT2D eigenvalue weighted by Crippen LogP contribution is 2.27. The Hall–Kier alpha value is -0.510. The van der Waals surface area contributed by atoms with Gasteiger partial charge in [-0.15, -0.1) is 0 Å². The summed E-state index contributed by atoms with van der Waals surface area (Å²) in [4.78, 5) is 0. The van der Waals surface area contributed by atoms with Crippen molar-refractivity contribution in [2.75, 3.05) is 0 Å². The van der Waals surface area contributed by atoms with E-state index in [1.165, 1.54) is 14.7 Å². The summed E-state index contributed by atoms with van der Waals surface area (Å²) in [6.45, 7) is 0. The van der Waals surface area contributed by atoms with Crippen LogP contribution in [-0.4, -0.2) is 0 Å². The summed E-state index contributed by atoms with van der Waals surface area (Å²) in [6.07, 6.45) is 3.51. The molecule has 0 spiro atoms. The highest BCUT2D eigenvalue weighted by molar-refractivity contribution is 14.1. The topological polar surface area (TPSA) is 13.1 Å². The van der Waals surface area contributed by atoms with Crippen molar-refractivity contribution in [3.05, 3.63) is 34.3 Å². The van der Waals surface area contributed by atoms with Gasteiger partial charge in [0.15, 0.2) is 0 Å². The third-order valence-electron chi connectivity index (χ3n) is 1.47. The lowest BCUT2D eigenvalue weighted by molar-refractivity contribution is 0.548. The fourth-order valence-electron chi connectivity index (χ4n) is 0.985. The molecule has 2 heteroatoms. The summed E-state index contributed by atoms with van der Waals surface area (Å²) in [5.74, 6) is 0. The largest absolute Gasteiger partial charge is 0.471 e. The van der Waals surface area contributed by atoms with Gasteiger partial charge in [-0.2, -0.15) is 0 Å². The van der Waals surface area contributed by atoms with Crippen molar-refractivity contribution in [3.8, 4) is 11.1 Å². The van der Waals surface area contributed by atoms with Gasteiger partial charge in [-0.05, 0) is 22.6 Å². The van der Waals surface area contributed by atoms with Crippen molar-refractivity contribution >= 4 is 22.6 Å². The van der Waals surface area contributed by atoms with Gasteiger partial charge in [0.1, 0.15) is 6.26 Å². The number of halogens is 1. The minimum absolute atomic E-state index is 1.17. The molecule has 50 valence electrons. The molecule has 0 atom stereocenters. The second kappa shape index (κ2) is 2.27. The van der Waals surface area contributed by atoms with Gasteiger partial charge < -0.3 is 4.42 Å². The van der Waals surface area contributed by atoms with Crippen molar-refractivity contribution in [1.29, 1.82) is 0 Å². The van der Waals surface area contributed by atoms with E-state index in [1.807, 2.05) is 12.1 Å². The number of hydrogen-bond acceptors (Lipinski definition) is 1. The zero-order valence-electron chi connectivity index (χ0n) is 5.17. The van der Waals surface area contributed by atoms with Gasteiger partial charge in [-0.3, -0.25) is 0 Å². The van der Waals surface area contributed by atoms with Crippen LogP contribution in [0.1, 0.15) is 0 Å². The summed E-state index contributed by atoms with van der Waals surface area (Å²) in [5.41, 5.74) is 2.44. The summed E-state index contributed by atoms with van der Waals surface area (Å²) >= 11 is 2.26. The quantitative estimate of drug-likeness (QED) is 0.649. The van der Waals surface area contributed by atoms with E-state index in [2.05, 4.69) is 28.7 Å². The zero-order chi connectivity index (χ0) is 6.97. The van der Waals surface area contributed by atoms with E-state index in [0.29, 0.717) is 0 Å². The average molecular weight is 244 g/mol. The molecule has 0 N–H and O–H groups in total. The SMILES string of the molecule is Ic1cocc2cccc1-2. The smallest absolute Gasteiger partial charge is 0.104 e. The first-order chi connectivity index (χ1) is 4.88. The molecule has 0 amide bonds. The fourth-order valence-corrected chi connectivity index (χ4v) is 1.62. The molecule has 1 nitrogen and oxygen atoms in total. The molecule has 0 saturated carbocycles. The molecule has 0 radical (unpaired) electrons. The number of hydrogen-bond donors (Lipinski definition) is 0. The predicted molar refractivity (Wildman–Crippen MR) is 48.0 cm³/mol. The summed E-state index contributed by atoms with van der Waals surface area (Å²) in [5, 5.41) is 0. The van der Waals surface area contributed by atoms with Gasteiger partial charge in [0.05, 0.1) is 9.83 Å². The number of rotatable bonds is 0. The van der Waals surface area contributed by atoms with Crippen molar-refractivity contribution in [2.45, 2.75) is 0 Å². The van der Waals surface area contributed by atoms with Gasteiger partial charge in [-0.25, -0.2) is 0 Å². The lowest BCUT2D eigenvalue weighted by Gasteiger charge is -1.97. The molecule has 0 unspecified atom stereocenters. The Bertz CT molecular complexity index is 313. The van der Waals surface area contributed by atoms with Crippen LogP contribution in [0.5, 0.6) is 0 Å². The Morgan fingerprint density at radius 2 is 2.10 bits per heavy atom. The van der Waals surface area contributed by atoms with Crippen LogP contribution in [0.3, 0.4) is 0 Å². The Morgan fingerprint density at radius 3 is 2.90 bits per heavy atom. The fraction of sp³-hybridized carbons (Fsp3) is 0. The zero-order valence-corrected chi connectivity index (χ0v) is 7.33. The van der Waals surface area contributed by atoms with E-state index in [9.17, 15) is 0 Å². The lowest BCUT2D eigenvalue weighted by atomic mass is 10.2. The minimum atomic E-state index is 1.17. The van der Waals surface area contributed by atoms with Crippen LogP contribution in [0, 0.1) is 3.57 Å². The van der Waals surface area contributed by atoms with E-state index in [4.69, 9.17) is 4.42 Å². The maximum Gasteiger partial charge on any atom is 0.104 e. The molecule has 1 aliphatic heterocycles. The van der Waals surface area contributed by atoms with Crippen molar-refractivity contribution < 1.29 is 4.42 Å². The van der Waals surface area contributed by atoms with Crippen LogP contribution in [0.4, 0.5) is 0 Å². The van der Waals surface area contributed by atoms with Gasteiger partial charge >= 0.3 is 0 Å². The van der Waals surface area contributed by atoms with Crippen molar-refractivity contribution in [2.24, 2.45) is 0 Å². The highest BCUT2D eigenvalue weighted by atomic mass is 127. The molecule has 0 fully saturated rings. The van der Waals surface area contributed by atoms with Crippen molar-refractivity contribution in [3.63, 3.8) is 0 Å². The summed E-state index contributed by atoms with van der Waals surface area (Å²) in [7, 11) is 0. The lowest BCUT2D eigenvalue weighted by Crippen LogP contribution is -1.76. The second-order valence-electron chi connectivity index (χ2n) is 2.11. The monoisotopic (exact) mass is 244 g/mol. The Balaban J connectivity index is 2.80. The highest BCUT2D eigenvalue weighted by Gasteiger charge is 2.04. The first-order valence-electron chi connectivity index (χ1n) is 2.98. The van der Waals surface area contributed by atoms with E-state index >= 15 is 0 Å². The molecule has 10 heavy (non-hydrogen) atoms. The van der Waals surface area contributed by atoms with Crippen LogP contribution in [0.15, 0.2) is 35.1 Å². The molecule has 0 aromatic heterocycles. The summed E-state index contributed by atoms with van der Waals surface area (Å²) < 4.78 is 6.24. The van der Waals surface area contributed by atoms with E-state index < -0.39 is 0 Å².